The molecule has 1 fully saturated rings. The van der Waals surface area contributed by atoms with Crippen LogP contribution in [-0.2, 0) is 9.53 Å². The Balaban J connectivity index is 2.02. The highest BCUT2D eigenvalue weighted by Crippen LogP contribution is 1.94. The minimum absolute atomic E-state index is 0.0856. The minimum Gasteiger partial charge on any atom is -0.374 e. The van der Waals surface area contributed by atoms with Gasteiger partial charge < -0.3 is 15.4 Å². The van der Waals surface area contributed by atoms with Crippen molar-refractivity contribution in [1.82, 2.24) is 15.5 Å². The summed E-state index contributed by atoms with van der Waals surface area (Å²) < 4.78 is 28.2. The van der Waals surface area contributed by atoms with E-state index in [-0.39, 0.29) is 19.1 Å². The van der Waals surface area contributed by atoms with Crippen molar-refractivity contribution in [3.8, 4) is 0 Å². The normalized spacial score (nSPS) is 17.7. The molecule has 0 radical (unpaired) electrons. The highest BCUT2D eigenvalue weighted by molar-refractivity contribution is 5.77. The van der Waals surface area contributed by atoms with Crippen molar-refractivity contribution < 1.29 is 18.3 Å². The van der Waals surface area contributed by atoms with Gasteiger partial charge in [-0.2, -0.15) is 0 Å². The molecule has 0 aromatic heterocycles. The predicted octanol–water partition coefficient (Wildman–Crippen LogP) is -0.320. The zero-order valence-electron chi connectivity index (χ0n) is 10.5. The minimum atomic E-state index is -2.45. The van der Waals surface area contributed by atoms with Crippen molar-refractivity contribution in [3.05, 3.63) is 0 Å². The fourth-order valence-corrected chi connectivity index (χ4v) is 1.75. The summed E-state index contributed by atoms with van der Waals surface area (Å²) >= 11 is 0. The van der Waals surface area contributed by atoms with E-state index in [1.165, 1.54) is 0 Å². The molecule has 1 rings (SSSR count). The summed E-state index contributed by atoms with van der Waals surface area (Å²) in [5.74, 6) is -0.0856. The summed E-state index contributed by atoms with van der Waals surface area (Å²) in [5.41, 5.74) is 0. The number of nitrogens with zero attached hydrogens (tertiary/aromatic N) is 1. The third-order valence-electron chi connectivity index (χ3n) is 2.61. The van der Waals surface area contributed by atoms with Crippen LogP contribution in [0.1, 0.15) is 6.42 Å². The van der Waals surface area contributed by atoms with Crippen LogP contribution < -0.4 is 10.6 Å². The molecule has 0 atom stereocenters. The van der Waals surface area contributed by atoms with Gasteiger partial charge >= 0.3 is 0 Å². The van der Waals surface area contributed by atoms with E-state index in [9.17, 15) is 13.6 Å². The fourth-order valence-electron chi connectivity index (χ4n) is 1.75. The van der Waals surface area contributed by atoms with E-state index < -0.39 is 13.0 Å². The Kier molecular flexibility index (Phi) is 7.79. The average Bonchev–Trinajstić information content (AvgIpc) is 2.56. The number of rotatable bonds is 7. The number of carbonyl (C=O) groups excluding carboxylic acids is 1. The molecule has 1 saturated heterocycles. The van der Waals surface area contributed by atoms with Gasteiger partial charge in [-0.05, 0) is 19.5 Å². The molecule has 106 valence electrons. The summed E-state index contributed by atoms with van der Waals surface area (Å²) in [6.45, 7) is 3.82. The van der Waals surface area contributed by atoms with Crippen molar-refractivity contribution >= 4 is 5.91 Å². The highest BCUT2D eigenvalue weighted by Gasteiger charge is 2.12. The van der Waals surface area contributed by atoms with Crippen LogP contribution in [0.3, 0.4) is 0 Å². The molecule has 0 spiro atoms. The molecule has 1 heterocycles. The lowest BCUT2D eigenvalue weighted by Gasteiger charge is -2.18. The Labute approximate surface area is 106 Å². The van der Waals surface area contributed by atoms with Crippen LogP contribution in [0.15, 0.2) is 0 Å². The first-order valence-electron chi connectivity index (χ1n) is 6.24. The number of hydrogen-bond acceptors (Lipinski definition) is 4. The van der Waals surface area contributed by atoms with E-state index in [4.69, 9.17) is 0 Å². The molecule has 1 amide bonds. The van der Waals surface area contributed by atoms with Crippen LogP contribution in [0.2, 0.25) is 0 Å². The maximum Gasteiger partial charge on any atom is 0.261 e. The standard InChI is InChI=1S/C11H21F2N3O2/c12-10(13)9-18-7-4-15-11(17)8-16-5-1-2-14-3-6-16/h10,14H,1-9H2,(H,15,17). The average molecular weight is 265 g/mol. The van der Waals surface area contributed by atoms with Crippen molar-refractivity contribution in [1.29, 1.82) is 0 Å². The van der Waals surface area contributed by atoms with Crippen LogP contribution >= 0.6 is 0 Å². The number of alkyl halides is 2. The molecule has 0 unspecified atom stereocenters. The Morgan fingerprint density at radius 1 is 1.39 bits per heavy atom. The first kappa shape index (κ1) is 15.3. The van der Waals surface area contributed by atoms with E-state index in [1.54, 1.807) is 0 Å². The molecule has 18 heavy (non-hydrogen) atoms. The maximum atomic E-state index is 11.7. The van der Waals surface area contributed by atoms with E-state index in [2.05, 4.69) is 20.3 Å². The summed E-state index contributed by atoms with van der Waals surface area (Å²) in [6, 6.07) is 0. The van der Waals surface area contributed by atoms with Gasteiger partial charge in [0, 0.05) is 19.6 Å². The number of amides is 1. The van der Waals surface area contributed by atoms with Crippen molar-refractivity contribution in [3.63, 3.8) is 0 Å². The molecule has 1 aliphatic rings. The van der Waals surface area contributed by atoms with Gasteiger partial charge in [-0.3, -0.25) is 9.69 Å². The molecule has 0 aromatic rings. The molecule has 7 heteroatoms. The molecule has 0 bridgehead atoms. The predicted molar refractivity (Wildman–Crippen MR) is 63.8 cm³/mol. The lowest BCUT2D eigenvalue weighted by Crippen LogP contribution is -2.40. The lowest BCUT2D eigenvalue weighted by atomic mass is 10.4. The molecule has 0 saturated carbocycles. The summed E-state index contributed by atoms with van der Waals surface area (Å²) in [6.07, 6.45) is -1.42. The number of nitrogens with one attached hydrogen (secondary N) is 2. The molecular weight excluding hydrogens is 244 g/mol. The van der Waals surface area contributed by atoms with E-state index >= 15 is 0 Å². The molecule has 0 aromatic carbocycles. The third-order valence-corrected chi connectivity index (χ3v) is 2.61. The zero-order valence-corrected chi connectivity index (χ0v) is 10.5. The van der Waals surface area contributed by atoms with Gasteiger partial charge in [-0.15, -0.1) is 0 Å². The number of hydrogen-bond donors (Lipinski definition) is 2. The second-order valence-corrected chi connectivity index (χ2v) is 4.20. The van der Waals surface area contributed by atoms with Crippen LogP contribution in [0.4, 0.5) is 8.78 Å². The fraction of sp³-hybridized carbons (Fsp3) is 0.909. The molecule has 0 aliphatic carbocycles. The van der Waals surface area contributed by atoms with Crippen molar-refractivity contribution in [2.45, 2.75) is 12.8 Å². The quantitative estimate of drug-likeness (QED) is 0.620. The molecule has 2 N–H and O–H groups in total. The smallest absolute Gasteiger partial charge is 0.261 e. The summed E-state index contributed by atoms with van der Waals surface area (Å²) in [5, 5.41) is 5.91. The Morgan fingerprint density at radius 2 is 2.22 bits per heavy atom. The second kappa shape index (κ2) is 9.18. The monoisotopic (exact) mass is 265 g/mol. The Hall–Kier alpha value is -0.790. The zero-order chi connectivity index (χ0) is 13.2. The van der Waals surface area contributed by atoms with Gasteiger partial charge in [-0.25, -0.2) is 8.78 Å². The SMILES string of the molecule is O=C(CN1CCCNCC1)NCCOCC(F)F. The van der Waals surface area contributed by atoms with Crippen LogP contribution in [0.5, 0.6) is 0 Å². The number of ether oxygens (including phenoxy) is 1. The van der Waals surface area contributed by atoms with Crippen LogP contribution in [0.25, 0.3) is 0 Å². The summed E-state index contributed by atoms with van der Waals surface area (Å²) in [7, 11) is 0. The van der Waals surface area contributed by atoms with E-state index in [0.717, 1.165) is 32.6 Å². The van der Waals surface area contributed by atoms with Crippen molar-refractivity contribution in [2.24, 2.45) is 0 Å². The largest absolute Gasteiger partial charge is 0.374 e. The molecule has 5 nitrogen and oxygen atoms in total. The Bertz CT molecular complexity index is 234. The van der Waals surface area contributed by atoms with Gasteiger partial charge in [0.25, 0.3) is 6.43 Å². The van der Waals surface area contributed by atoms with Gasteiger partial charge in [-0.1, -0.05) is 0 Å². The topological polar surface area (TPSA) is 53.6 Å². The molecule has 1 aliphatic heterocycles. The maximum absolute atomic E-state index is 11.7. The third kappa shape index (κ3) is 7.52. The second-order valence-electron chi connectivity index (χ2n) is 4.20. The molecular formula is C11H21F2N3O2. The highest BCUT2D eigenvalue weighted by atomic mass is 19.3. The van der Waals surface area contributed by atoms with Gasteiger partial charge in [0.2, 0.25) is 5.91 Å². The lowest BCUT2D eigenvalue weighted by molar-refractivity contribution is -0.122. The van der Waals surface area contributed by atoms with E-state index in [1.807, 2.05) is 0 Å². The van der Waals surface area contributed by atoms with Gasteiger partial charge in [0.1, 0.15) is 6.61 Å². The van der Waals surface area contributed by atoms with Gasteiger partial charge in [0.15, 0.2) is 0 Å². The van der Waals surface area contributed by atoms with Crippen molar-refractivity contribution in [2.75, 3.05) is 52.5 Å². The first-order valence-corrected chi connectivity index (χ1v) is 6.24. The number of halogens is 2. The van der Waals surface area contributed by atoms with Crippen LogP contribution in [-0.4, -0.2) is 69.7 Å². The van der Waals surface area contributed by atoms with Crippen LogP contribution in [0, 0.1) is 0 Å². The van der Waals surface area contributed by atoms with Gasteiger partial charge in [0.05, 0.1) is 13.2 Å². The number of carbonyl (C=O) groups is 1. The Morgan fingerprint density at radius 3 is 3.00 bits per heavy atom. The first-order chi connectivity index (χ1) is 8.68. The summed E-state index contributed by atoms with van der Waals surface area (Å²) in [4.78, 5) is 13.6. The van der Waals surface area contributed by atoms with E-state index in [0.29, 0.717) is 6.54 Å².